The second-order valence-electron chi connectivity index (χ2n) is 6.77. The van der Waals surface area contributed by atoms with Gasteiger partial charge in [0.25, 0.3) is 5.91 Å². The monoisotopic (exact) mass is 451 g/mol. The van der Waals surface area contributed by atoms with E-state index in [1.54, 1.807) is 54.3 Å². The third kappa shape index (κ3) is 5.73. The van der Waals surface area contributed by atoms with E-state index in [0.717, 1.165) is 10.6 Å². The SMILES string of the molecule is CCN(CC)C(=O)c1ccccc1NC(=O)CN(c1ccc(Cl)cc1C)S(C)(=O)=O. The highest BCUT2D eigenvalue weighted by molar-refractivity contribution is 7.92. The van der Waals surface area contributed by atoms with Gasteiger partial charge in [-0.1, -0.05) is 23.7 Å². The summed E-state index contributed by atoms with van der Waals surface area (Å²) >= 11 is 5.96. The van der Waals surface area contributed by atoms with Gasteiger partial charge < -0.3 is 10.2 Å². The Labute approximate surface area is 182 Å². The highest BCUT2D eigenvalue weighted by Crippen LogP contribution is 2.26. The Hall–Kier alpha value is -2.58. The molecule has 9 heteroatoms. The van der Waals surface area contributed by atoms with Crippen molar-refractivity contribution < 1.29 is 18.0 Å². The van der Waals surface area contributed by atoms with E-state index in [-0.39, 0.29) is 5.91 Å². The van der Waals surface area contributed by atoms with E-state index in [9.17, 15) is 18.0 Å². The molecule has 0 saturated carbocycles. The molecule has 0 saturated heterocycles. The first kappa shape index (κ1) is 23.7. The van der Waals surface area contributed by atoms with Gasteiger partial charge in [-0.3, -0.25) is 13.9 Å². The number of rotatable bonds is 8. The molecule has 0 bridgehead atoms. The summed E-state index contributed by atoms with van der Waals surface area (Å²) < 4.78 is 25.7. The van der Waals surface area contributed by atoms with E-state index in [4.69, 9.17) is 11.6 Å². The summed E-state index contributed by atoms with van der Waals surface area (Å²) in [6, 6.07) is 11.4. The highest BCUT2D eigenvalue weighted by Gasteiger charge is 2.24. The fraction of sp³-hybridized carbons (Fsp3) is 0.333. The van der Waals surface area contributed by atoms with Crippen molar-refractivity contribution in [1.29, 1.82) is 0 Å². The Kier molecular flexibility index (Phi) is 7.86. The van der Waals surface area contributed by atoms with Crippen LogP contribution in [-0.4, -0.2) is 51.0 Å². The number of aryl methyl sites for hydroxylation is 1. The molecule has 0 fully saturated rings. The number of nitrogens with one attached hydrogen (secondary N) is 1. The summed E-state index contributed by atoms with van der Waals surface area (Å²) in [5, 5.41) is 3.15. The van der Waals surface area contributed by atoms with Crippen molar-refractivity contribution in [3.8, 4) is 0 Å². The molecule has 0 radical (unpaired) electrons. The summed E-state index contributed by atoms with van der Waals surface area (Å²) in [5.74, 6) is -0.765. The predicted octanol–water partition coefficient (Wildman–Crippen LogP) is 3.54. The molecule has 30 heavy (non-hydrogen) atoms. The van der Waals surface area contributed by atoms with E-state index < -0.39 is 22.5 Å². The van der Waals surface area contributed by atoms with Crippen molar-refractivity contribution in [1.82, 2.24) is 4.90 Å². The van der Waals surface area contributed by atoms with Gasteiger partial charge in [0.2, 0.25) is 15.9 Å². The van der Waals surface area contributed by atoms with Crippen molar-refractivity contribution in [2.45, 2.75) is 20.8 Å². The van der Waals surface area contributed by atoms with Gasteiger partial charge in [-0.05, 0) is 56.7 Å². The van der Waals surface area contributed by atoms with Crippen LogP contribution in [0.1, 0.15) is 29.8 Å². The van der Waals surface area contributed by atoms with Crippen LogP contribution in [-0.2, 0) is 14.8 Å². The first-order valence-corrected chi connectivity index (χ1v) is 11.7. The third-order valence-electron chi connectivity index (χ3n) is 4.60. The molecule has 7 nitrogen and oxygen atoms in total. The fourth-order valence-corrected chi connectivity index (χ4v) is 4.20. The van der Waals surface area contributed by atoms with Crippen LogP contribution in [0, 0.1) is 6.92 Å². The fourth-order valence-electron chi connectivity index (χ4n) is 3.06. The number of para-hydroxylation sites is 1. The van der Waals surface area contributed by atoms with Crippen molar-refractivity contribution in [3.63, 3.8) is 0 Å². The van der Waals surface area contributed by atoms with Crippen LogP contribution in [0.4, 0.5) is 11.4 Å². The lowest BCUT2D eigenvalue weighted by atomic mass is 10.1. The second kappa shape index (κ2) is 9.95. The van der Waals surface area contributed by atoms with Crippen LogP contribution in [0.5, 0.6) is 0 Å². The van der Waals surface area contributed by atoms with Gasteiger partial charge >= 0.3 is 0 Å². The quantitative estimate of drug-likeness (QED) is 0.665. The van der Waals surface area contributed by atoms with Crippen LogP contribution in [0.15, 0.2) is 42.5 Å². The molecule has 2 aromatic carbocycles. The Balaban J connectivity index is 2.30. The lowest BCUT2D eigenvalue weighted by Crippen LogP contribution is -2.38. The Morgan fingerprint density at radius 1 is 1.07 bits per heavy atom. The largest absolute Gasteiger partial charge is 0.339 e. The van der Waals surface area contributed by atoms with Gasteiger partial charge in [-0.2, -0.15) is 0 Å². The van der Waals surface area contributed by atoms with Crippen LogP contribution in [0.3, 0.4) is 0 Å². The number of halogens is 1. The molecule has 2 amide bonds. The van der Waals surface area contributed by atoms with Gasteiger partial charge in [-0.25, -0.2) is 8.42 Å². The molecule has 0 atom stereocenters. The Bertz CT molecular complexity index is 1040. The Morgan fingerprint density at radius 3 is 2.27 bits per heavy atom. The molecule has 0 aliphatic heterocycles. The lowest BCUT2D eigenvalue weighted by molar-refractivity contribution is -0.114. The van der Waals surface area contributed by atoms with E-state index in [2.05, 4.69) is 5.32 Å². The molecule has 162 valence electrons. The third-order valence-corrected chi connectivity index (χ3v) is 5.96. The number of carbonyl (C=O) groups excluding carboxylic acids is 2. The highest BCUT2D eigenvalue weighted by atomic mass is 35.5. The van der Waals surface area contributed by atoms with Gasteiger partial charge in [0.15, 0.2) is 0 Å². The molecule has 0 aromatic heterocycles. The molecule has 0 aliphatic rings. The smallest absolute Gasteiger partial charge is 0.255 e. The summed E-state index contributed by atoms with van der Waals surface area (Å²) in [4.78, 5) is 27.1. The molecule has 2 rings (SSSR count). The summed E-state index contributed by atoms with van der Waals surface area (Å²) in [7, 11) is -3.73. The summed E-state index contributed by atoms with van der Waals surface area (Å²) in [6.45, 7) is 6.11. The van der Waals surface area contributed by atoms with Crippen LogP contribution in [0.25, 0.3) is 0 Å². The standard InChI is InChI=1S/C21H26ClN3O4S/c1-5-24(6-2)21(27)17-9-7-8-10-18(17)23-20(26)14-25(30(4,28)29)19-12-11-16(22)13-15(19)3/h7-13H,5-6,14H2,1-4H3,(H,23,26). The minimum absolute atomic E-state index is 0.204. The molecule has 0 aliphatic carbocycles. The van der Waals surface area contributed by atoms with Crippen LogP contribution in [0.2, 0.25) is 5.02 Å². The van der Waals surface area contributed by atoms with Gasteiger partial charge in [0, 0.05) is 18.1 Å². The molecular weight excluding hydrogens is 426 g/mol. The topological polar surface area (TPSA) is 86.8 Å². The van der Waals surface area contributed by atoms with Crippen molar-refractivity contribution in [3.05, 3.63) is 58.6 Å². The maximum absolute atomic E-state index is 12.7. The molecular formula is C21H26ClN3O4S. The molecule has 0 unspecified atom stereocenters. The number of benzene rings is 2. The summed E-state index contributed by atoms with van der Waals surface area (Å²) in [6.07, 6.45) is 1.03. The normalized spacial score (nSPS) is 11.1. The van der Waals surface area contributed by atoms with Crippen molar-refractivity contribution in [2.75, 3.05) is 35.5 Å². The molecule has 1 N–H and O–H groups in total. The molecule has 0 heterocycles. The zero-order valence-electron chi connectivity index (χ0n) is 17.5. The van der Waals surface area contributed by atoms with Crippen LogP contribution >= 0.6 is 11.6 Å². The van der Waals surface area contributed by atoms with E-state index in [1.165, 1.54) is 0 Å². The number of nitrogens with zero attached hydrogens (tertiary/aromatic N) is 2. The van der Waals surface area contributed by atoms with Crippen molar-refractivity contribution >= 4 is 44.8 Å². The molecule has 2 aromatic rings. The maximum atomic E-state index is 12.7. The predicted molar refractivity (Wildman–Crippen MR) is 121 cm³/mol. The first-order chi connectivity index (χ1) is 14.1. The van der Waals surface area contributed by atoms with Gasteiger partial charge in [-0.15, -0.1) is 0 Å². The number of sulfonamides is 1. The Morgan fingerprint density at radius 2 is 1.70 bits per heavy atom. The van der Waals surface area contributed by atoms with Gasteiger partial charge in [0.1, 0.15) is 6.54 Å². The number of amides is 2. The average Bonchev–Trinajstić information content (AvgIpc) is 2.67. The summed E-state index contributed by atoms with van der Waals surface area (Å²) in [5.41, 5.74) is 1.67. The molecule has 0 spiro atoms. The second-order valence-corrected chi connectivity index (χ2v) is 9.11. The number of hydrogen-bond acceptors (Lipinski definition) is 4. The average molecular weight is 452 g/mol. The van der Waals surface area contributed by atoms with E-state index in [1.807, 2.05) is 13.8 Å². The van der Waals surface area contributed by atoms with E-state index in [0.29, 0.717) is 40.6 Å². The minimum atomic E-state index is -3.73. The van der Waals surface area contributed by atoms with E-state index >= 15 is 0 Å². The lowest BCUT2D eigenvalue weighted by Gasteiger charge is -2.24. The number of anilines is 2. The zero-order valence-corrected chi connectivity index (χ0v) is 19.0. The first-order valence-electron chi connectivity index (χ1n) is 9.50. The van der Waals surface area contributed by atoms with Gasteiger partial charge in [0.05, 0.1) is 23.2 Å². The van der Waals surface area contributed by atoms with Crippen LogP contribution < -0.4 is 9.62 Å². The minimum Gasteiger partial charge on any atom is -0.339 e. The maximum Gasteiger partial charge on any atom is 0.255 e. The number of hydrogen-bond donors (Lipinski definition) is 1. The van der Waals surface area contributed by atoms with Crippen molar-refractivity contribution in [2.24, 2.45) is 0 Å². The zero-order chi connectivity index (χ0) is 22.5. The number of carbonyl (C=O) groups is 2.